The van der Waals surface area contributed by atoms with E-state index in [9.17, 15) is 4.79 Å². The van der Waals surface area contributed by atoms with Gasteiger partial charge in [-0.2, -0.15) is 0 Å². The molecule has 0 saturated carbocycles. The average Bonchev–Trinajstić information content (AvgIpc) is 3.35. The summed E-state index contributed by atoms with van der Waals surface area (Å²) in [6.45, 7) is 6.45. The first-order valence-electron chi connectivity index (χ1n) is 9.41. The fourth-order valence-electron chi connectivity index (χ4n) is 3.47. The van der Waals surface area contributed by atoms with Gasteiger partial charge >= 0.3 is 0 Å². The van der Waals surface area contributed by atoms with Gasteiger partial charge in [0.25, 0.3) is 5.56 Å². The maximum absolute atomic E-state index is 12.9. The highest BCUT2D eigenvalue weighted by atomic mass is 32.1. The molecular formula is C22H23N3OS2. The molecule has 3 heterocycles. The number of rotatable bonds is 6. The van der Waals surface area contributed by atoms with E-state index in [0.29, 0.717) is 17.1 Å². The van der Waals surface area contributed by atoms with E-state index >= 15 is 0 Å². The molecule has 0 radical (unpaired) electrons. The van der Waals surface area contributed by atoms with Crippen molar-refractivity contribution in [2.24, 2.45) is 5.92 Å². The largest absolute Gasteiger partial charge is 0.309 e. The molecule has 0 saturated heterocycles. The van der Waals surface area contributed by atoms with Crippen LogP contribution < -0.4 is 10.9 Å². The quantitative estimate of drug-likeness (QED) is 0.425. The third-order valence-electron chi connectivity index (χ3n) is 4.91. The van der Waals surface area contributed by atoms with Crippen molar-refractivity contribution in [3.05, 3.63) is 75.0 Å². The second kappa shape index (κ2) is 7.99. The molecule has 6 heteroatoms. The smallest absolute Gasteiger partial charge is 0.260 e. The molecule has 0 aliphatic rings. The van der Waals surface area contributed by atoms with Crippen LogP contribution in [0.4, 0.5) is 0 Å². The van der Waals surface area contributed by atoms with Crippen LogP contribution in [0.2, 0.25) is 0 Å². The fraction of sp³-hybridized carbons (Fsp3) is 0.273. The molecule has 0 aliphatic carbocycles. The lowest BCUT2D eigenvalue weighted by atomic mass is 9.95. The first kappa shape index (κ1) is 19.1. The Kier molecular flexibility index (Phi) is 5.44. The summed E-state index contributed by atoms with van der Waals surface area (Å²) < 4.78 is 0. The van der Waals surface area contributed by atoms with E-state index in [0.717, 1.165) is 15.3 Å². The third kappa shape index (κ3) is 3.68. The highest BCUT2D eigenvalue weighted by molar-refractivity contribution is 7.18. The van der Waals surface area contributed by atoms with Gasteiger partial charge in [0.15, 0.2) is 0 Å². The summed E-state index contributed by atoms with van der Waals surface area (Å²) in [5.74, 6) is 1.09. The molecule has 0 amide bonds. The van der Waals surface area contributed by atoms with E-state index in [1.165, 1.54) is 16.9 Å². The zero-order valence-electron chi connectivity index (χ0n) is 16.1. The molecule has 4 nitrogen and oxygen atoms in total. The summed E-state index contributed by atoms with van der Waals surface area (Å²) in [5.41, 5.74) is 2.14. The predicted molar refractivity (Wildman–Crippen MR) is 119 cm³/mol. The Morgan fingerprint density at radius 1 is 1.04 bits per heavy atom. The molecule has 3 aromatic heterocycles. The number of fused-ring (bicyclic) bond motifs is 1. The monoisotopic (exact) mass is 409 g/mol. The van der Waals surface area contributed by atoms with E-state index < -0.39 is 0 Å². The lowest BCUT2D eigenvalue weighted by Crippen LogP contribution is -2.30. The molecule has 4 aromatic rings. The Morgan fingerprint density at radius 3 is 2.50 bits per heavy atom. The van der Waals surface area contributed by atoms with Crippen LogP contribution in [0.25, 0.3) is 20.7 Å². The van der Waals surface area contributed by atoms with Gasteiger partial charge in [0.05, 0.1) is 11.4 Å². The van der Waals surface area contributed by atoms with E-state index in [1.807, 2.05) is 29.0 Å². The minimum atomic E-state index is -0.0722. The highest BCUT2D eigenvalue weighted by Crippen LogP contribution is 2.34. The number of hydrogen-bond donors (Lipinski definition) is 2. The van der Waals surface area contributed by atoms with Crippen LogP contribution in [0.5, 0.6) is 0 Å². The molecule has 2 N–H and O–H groups in total. The molecule has 1 aromatic carbocycles. The Morgan fingerprint density at radius 2 is 1.82 bits per heavy atom. The van der Waals surface area contributed by atoms with Crippen molar-refractivity contribution >= 4 is 32.9 Å². The predicted octanol–water partition coefficient (Wildman–Crippen LogP) is 5.76. The molecule has 0 unspecified atom stereocenters. The lowest BCUT2D eigenvalue weighted by molar-refractivity contribution is 0.367. The van der Waals surface area contributed by atoms with Crippen molar-refractivity contribution in [2.75, 3.05) is 0 Å². The van der Waals surface area contributed by atoms with Gasteiger partial charge in [-0.3, -0.25) is 4.79 Å². The van der Waals surface area contributed by atoms with E-state index in [-0.39, 0.29) is 17.6 Å². The Bertz CT molecular complexity index is 1110. The molecule has 28 heavy (non-hydrogen) atoms. The summed E-state index contributed by atoms with van der Waals surface area (Å²) in [7, 11) is 0. The number of aromatic amines is 1. The summed E-state index contributed by atoms with van der Waals surface area (Å²) in [4.78, 5) is 22.5. The first-order valence-corrected chi connectivity index (χ1v) is 11.2. The molecule has 0 spiro atoms. The van der Waals surface area contributed by atoms with E-state index in [2.05, 4.69) is 55.3 Å². The number of aromatic nitrogens is 2. The van der Waals surface area contributed by atoms with Crippen molar-refractivity contribution < 1.29 is 0 Å². The number of thiophene rings is 2. The van der Waals surface area contributed by atoms with Gasteiger partial charge in [-0.15, -0.1) is 22.7 Å². The van der Waals surface area contributed by atoms with Crippen molar-refractivity contribution in [1.29, 1.82) is 0 Å². The maximum Gasteiger partial charge on any atom is 0.260 e. The molecule has 0 bridgehead atoms. The molecule has 0 fully saturated rings. The minimum Gasteiger partial charge on any atom is -0.309 e. The van der Waals surface area contributed by atoms with Gasteiger partial charge in [-0.05, 0) is 29.9 Å². The van der Waals surface area contributed by atoms with Gasteiger partial charge in [0.2, 0.25) is 0 Å². The van der Waals surface area contributed by atoms with Crippen molar-refractivity contribution in [2.45, 2.75) is 32.9 Å². The highest BCUT2D eigenvalue weighted by Gasteiger charge is 2.21. The van der Waals surface area contributed by atoms with Crippen LogP contribution in [0.3, 0.4) is 0 Å². The molecular weight excluding hydrogens is 386 g/mol. The first-order chi connectivity index (χ1) is 13.5. The van der Waals surface area contributed by atoms with Gasteiger partial charge in [0, 0.05) is 21.9 Å². The lowest BCUT2D eigenvalue weighted by Gasteiger charge is -2.26. The number of H-pyrrole nitrogens is 1. The van der Waals surface area contributed by atoms with Crippen molar-refractivity contribution in [3.63, 3.8) is 0 Å². The zero-order valence-corrected chi connectivity index (χ0v) is 17.7. The Balaban J connectivity index is 1.66. The second-order valence-corrected chi connectivity index (χ2v) is 9.08. The second-order valence-electron chi connectivity index (χ2n) is 7.28. The van der Waals surface area contributed by atoms with Crippen LogP contribution in [0.15, 0.2) is 58.0 Å². The molecule has 2 atom stereocenters. The number of hydrogen-bond acceptors (Lipinski definition) is 5. The van der Waals surface area contributed by atoms with Crippen molar-refractivity contribution in [1.82, 2.24) is 15.3 Å². The molecule has 0 aliphatic heterocycles. The summed E-state index contributed by atoms with van der Waals surface area (Å²) >= 11 is 3.16. The van der Waals surface area contributed by atoms with Crippen LogP contribution in [-0.2, 0) is 0 Å². The topological polar surface area (TPSA) is 57.8 Å². The minimum absolute atomic E-state index is 0.0703. The fourth-order valence-corrected chi connectivity index (χ4v) is 5.24. The van der Waals surface area contributed by atoms with Crippen LogP contribution in [0, 0.1) is 5.92 Å². The normalized spacial score (nSPS) is 13.9. The third-order valence-corrected chi connectivity index (χ3v) is 6.69. The number of nitrogens with zero attached hydrogens (tertiary/aromatic N) is 1. The van der Waals surface area contributed by atoms with Gasteiger partial charge in [-0.1, -0.05) is 50.2 Å². The van der Waals surface area contributed by atoms with Gasteiger partial charge in [-0.25, -0.2) is 4.98 Å². The molecule has 144 valence electrons. The van der Waals surface area contributed by atoms with Crippen LogP contribution in [0.1, 0.15) is 44.2 Å². The molecule has 4 rings (SSSR count). The standard InChI is InChI=1S/C22H23N3OS2/c1-13(2)19(15-8-5-4-6-9-15)23-14(3)20-24-21(26)18-16(12-28-22(18)25-20)17-10-7-11-27-17/h4-14,19,23H,1-3H3,(H,24,25,26)/t14-,19-/m0/s1. The van der Waals surface area contributed by atoms with Crippen LogP contribution in [-0.4, -0.2) is 9.97 Å². The van der Waals surface area contributed by atoms with Crippen LogP contribution >= 0.6 is 22.7 Å². The van der Waals surface area contributed by atoms with E-state index in [1.54, 1.807) is 11.3 Å². The Hall–Kier alpha value is -2.28. The summed E-state index contributed by atoms with van der Waals surface area (Å²) in [6.07, 6.45) is 0. The zero-order chi connectivity index (χ0) is 19.7. The maximum atomic E-state index is 12.9. The Labute approximate surface area is 172 Å². The number of benzene rings is 1. The van der Waals surface area contributed by atoms with Gasteiger partial charge < -0.3 is 10.3 Å². The van der Waals surface area contributed by atoms with E-state index in [4.69, 9.17) is 4.98 Å². The van der Waals surface area contributed by atoms with Crippen molar-refractivity contribution in [3.8, 4) is 10.4 Å². The van der Waals surface area contributed by atoms with Gasteiger partial charge in [0.1, 0.15) is 10.7 Å². The average molecular weight is 410 g/mol. The number of nitrogens with one attached hydrogen (secondary N) is 2. The summed E-state index contributed by atoms with van der Waals surface area (Å²) in [6, 6.07) is 14.6. The SMILES string of the molecule is CC(C)[C@H](N[C@@H](C)c1nc2scc(-c3cccs3)c2c(=O)[nH]1)c1ccccc1. The summed E-state index contributed by atoms with van der Waals surface area (Å²) in [5, 5.41) is 8.39.